The highest BCUT2D eigenvalue weighted by Crippen LogP contribution is 2.62. The lowest BCUT2D eigenvalue weighted by Gasteiger charge is -2.47. The van der Waals surface area contributed by atoms with Crippen LogP contribution in [-0.2, 0) is 4.79 Å². The molecule has 2 bridgehead atoms. The second-order valence-electron chi connectivity index (χ2n) is 9.45. The van der Waals surface area contributed by atoms with Crippen LogP contribution in [-0.4, -0.2) is 50.1 Å². The largest absolute Gasteiger partial charge is 0.392 e. The summed E-state index contributed by atoms with van der Waals surface area (Å²) in [7, 11) is 0. The minimum Gasteiger partial charge on any atom is -0.392 e. The summed E-state index contributed by atoms with van der Waals surface area (Å²) in [5, 5.41) is 43.1. The van der Waals surface area contributed by atoms with Gasteiger partial charge in [-0.3, -0.25) is 4.79 Å². The normalized spacial score (nSPS) is 52.2. The molecule has 142 valence electrons. The predicted molar refractivity (Wildman–Crippen MR) is 93.7 cm³/mol. The zero-order chi connectivity index (χ0) is 18.8. The number of aliphatic hydroxyl groups excluding tert-OH is 3. The van der Waals surface area contributed by atoms with E-state index >= 15 is 0 Å². The van der Waals surface area contributed by atoms with Crippen molar-refractivity contribution in [2.45, 2.75) is 83.7 Å². The third kappa shape index (κ3) is 2.71. The average Bonchev–Trinajstić information content (AvgIpc) is 2.63. The second-order valence-corrected chi connectivity index (χ2v) is 9.45. The summed E-state index contributed by atoms with van der Waals surface area (Å²) < 4.78 is 0. The van der Waals surface area contributed by atoms with E-state index in [1.54, 1.807) is 20.8 Å². The Morgan fingerprint density at radius 2 is 1.76 bits per heavy atom. The summed E-state index contributed by atoms with van der Waals surface area (Å²) in [6.07, 6.45) is 1.54. The van der Waals surface area contributed by atoms with Crippen molar-refractivity contribution < 1.29 is 25.2 Å². The summed E-state index contributed by atoms with van der Waals surface area (Å²) in [6, 6.07) is 0. The van der Waals surface area contributed by atoms with E-state index in [4.69, 9.17) is 0 Å². The number of carbonyl (C=O) groups is 1. The highest BCUT2D eigenvalue weighted by molar-refractivity contribution is 5.88. The minimum absolute atomic E-state index is 0.00332. The van der Waals surface area contributed by atoms with Crippen LogP contribution in [0.15, 0.2) is 11.6 Å². The Bertz CT molecular complexity index is 593. The van der Waals surface area contributed by atoms with Crippen molar-refractivity contribution in [1.29, 1.82) is 0 Å². The summed E-state index contributed by atoms with van der Waals surface area (Å²) in [4.78, 5) is 12.8. The molecule has 0 aromatic carbocycles. The fraction of sp³-hybridized carbons (Fsp3) is 0.850. The van der Waals surface area contributed by atoms with E-state index in [-0.39, 0.29) is 24.0 Å². The van der Waals surface area contributed by atoms with Crippen molar-refractivity contribution in [2.24, 2.45) is 22.7 Å². The van der Waals surface area contributed by atoms with Crippen LogP contribution in [0.5, 0.6) is 0 Å². The van der Waals surface area contributed by atoms with Gasteiger partial charge in [0.15, 0.2) is 5.78 Å². The first-order chi connectivity index (χ1) is 11.4. The first-order valence-electron chi connectivity index (χ1n) is 9.41. The topological polar surface area (TPSA) is 98.0 Å². The molecule has 0 aromatic rings. The number of rotatable bonds is 0. The first-order valence-corrected chi connectivity index (χ1v) is 9.41. The van der Waals surface area contributed by atoms with Gasteiger partial charge in [-0.25, -0.2) is 0 Å². The average molecular weight is 352 g/mol. The molecule has 5 nitrogen and oxygen atoms in total. The molecule has 5 heteroatoms. The van der Waals surface area contributed by atoms with Gasteiger partial charge in [0.2, 0.25) is 0 Å². The van der Waals surface area contributed by atoms with Crippen molar-refractivity contribution in [1.82, 2.24) is 0 Å². The van der Waals surface area contributed by atoms with Crippen LogP contribution in [0.3, 0.4) is 0 Å². The van der Waals surface area contributed by atoms with Crippen molar-refractivity contribution in [3.63, 3.8) is 0 Å². The van der Waals surface area contributed by atoms with Gasteiger partial charge >= 0.3 is 0 Å². The third-order valence-electron chi connectivity index (χ3n) is 7.47. The number of carbonyl (C=O) groups excluding carboxylic acids is 1. The molecule has 2 saturated carbocycles. The number of Topliss-reactive ketones (excluding diaryl/α,β-unsaturated/α-hetero) is 1. The maximum absolute atomic E-state index is 12.8. The van der Waals surface area contributed by atoms with E-state index < -0.39 is 34.7 Å². The first kappa shape index (κ1) is 19.0. The van der Waals surface area contributed by atoms with Crippen LogP contribution in [0.2, 0.25) is 0 Å². The molecule has 0 saturated heterocycles. The standard InChI is InChI=1S/C20H32O5/c1-11-5-8-15(22)18(2,3)17(24)14(21)9-20-10-19(4,25)13(16(20)23)7-6-12(11)20/h5,12-16,21-23,25H,6-10H2,1-4H3/b11-5+/t12-,13-,14-,15+,16-,19-,20+/m1/s1. The van der Waals surface area contributed by atoms with Crippen LogP contribution in [0, 0.1) is 22.7 Å². The molecular weight excluding hydrogens is 320 g/mol. The maximum Gasteiger partial charge on any atom is 0.169 e. The molecule has 3 aliphatic rings. The highest BCUT2D eigenvalue weighted by Gasteiger charge is 2.64. The lowest BCUT2D eigenvalue weighted by molar-refractivity contribution is -0.147. The van der Waals surface area contributed by atoms with Crippen LogP contribution < -0.4 is 0 Å². The molecule has 0 radical (unpaired) electrons. The zero-order valence-corrected chi connectivity index (χ0v) is 15.7. The Hall–Kier alpha value is -0.750. The molecular formula is C20H32O5. The van der Waals surface area contributed by atoms with E-state index in [1.165, 1.54) is 0 Å². The van der Waals surface area contributed by atoms with Crippen molar-refractivity contribution >= 4 is 5.78 Å². The predicted octanol–water partition coefficient (Wildman–Crippen LogP) is 1.57. The van der Waals surface area contributed by atoms with Crippen molar-refractivity contribution in [3.05, 3.63) is 11.6 Å². The number of ketones is 1. The lowest BCUT2D eigenvalue weighted by atomic mass is 9.59. The van der Waals surface area contributed by atoms with E-state index in [2.05, 4.69) is 0 Å². The van der Waals surface area contributed by atoms with Gasteiger partial charge in [0.05, 0.1) is 23.2 Å². The SMILES string of the molecule is C/C1=C\C[C@H](O)C(C)(C)C(=O)[C@H](O)C[C@]23C[C@@](C)(O)[C@H](CC[C@H]12)[C@H]3O. The van der Waals surface area contributed by atoms with Gasteiger partial charge in [0.25, 0.3) is 0 Å². The summed E-state index contributed by atoms with van der Waals surface area (Å²) in [5.74, 6) is -0.606. The Balaban J connectivity index is 2.09. The molecule has 1 spiro atoms. The number of allylic oxidation sites excluding steroid dienone is 1. The van der Waals surface area contributed by atoms with E-state index in [1.807, 2.05) is 13.0 Å². The van der Waals surface area contributed by atoms with Crippen molar-refractivity contribution in [2.75, 3.05) is 0 Å². The third-order valence-corrected chi connectivity index (χ3v) is 7.47. The molecule has 3 aliphatic carbocycles. The van der Waals surface area contributed by atoms with Crippen LogP contribution in [0.1, 0.15) is 59.8 Å². The molecule has 7 atom stereocenters. The van der Waals surface area contributed by atoms with E-state index in [0.29, 0.717) is 12.8 Å². The van der Waals surface area contributed by atoms with Gasteiger partial charge in [-0.1, -0.05) is 25.5 Å². The van der Waals surface area contributed by atoms with Gasteiger partial charge < -0.3 is 20.4 Å². The number of hydrogen-bond acceptors (Lipinski definition) is 5. The fourth-order valence-corrected chi connectivity index (χ4v) is 5.87. The lowest BCUT2D eigenvalue weighted by Crippen LogP contribution is -2.51. The summed E-state index contributed by atoms with van der Waals surface area (Å²) in [5.41, 5.74) is -1.66. The molecule has 0 unspecified atom stereocenters. The molecule has 0 aromatic heterocycles. The highest BCUT2D eigenvalue weighted by atomic mass is 16.3. The molecule has 4 N–H and O–H groups in total. The number of hydrogen-bond donors (Lipinski definition) is 4. The summed E-state index contributed by atoms with van der Waals surface area (Å²) >= 11 is 0. The Labute approximate surface area is 149 Å². The molecule has 25 heavy (non-hydrogen) atoms. The van der Waals surface area contributed by atoms with Gasteiger partial charge in [-0.2, -0.15) is 0 Å². The van der Waals surface area contributed by atoms with Gasteiger partial charge in [-0.05, 0) is 51.9 Å². The fourth-order valence-electron chi connectivity index (χ4n) is 5.87. The quantitative estimate of drug-likeness (QED) is 0.496. The van der Waals surface area contributed by atoms with Crippen LogP contribution in [0.4, 0.5) is 0 Å². The van der Waals surface area contributed by atoms with E-state index in [0.717, 1.165) is 18.4 Å². The van der Waals surface area contributed by atoms with Gasteiger partial charge in [0, 0.05) is 11.3 Å². The second kappa shape index (κ2) is 5.88. The zero-order valence-electron chi connectivity index (χ0n) is 15.7. The molecule has 0 heterocycles. The van der Waals surface area contributed by atoms with Gasteiger partial charge in [-0.15, -0.1) is 0 Å². The Morgan fingerprint density at radius 3 is 2.40 bits per heavy atom. The Morgan fingerprint density at radius 1 is 1.12 bits per heavy atom. The Kier molecular flexibility index (Phi) is 4.47. The molecule has 3 rings (SSSR count). The molecule has 0 amide bonds. The van der Waals surface area contributed by atoms with Crippen LogP contribution >= 0.6 is 0 Å². The maximum atomic E-state index is 12.8. The summed E-state index contributed by atoms with van der Waals surface area (Å²) in [6.45, 7) is 7.09. The smallest absolute Gasteiger partial charge is 0.169 e. The minimum atomic E-state index is -1.25. The van der Waals surface area contributed by atoms with Crippen LogP contribution in [0.25, 0.3) is 0 Å². The number of aliphatic hydroxyl groups is 4. The van der Waals surface area contributed by atoms with Gasteiger partial charge in [0.1, 0.15) is 6.10 Å². The number of fused-ring (bicyclic) bond motifs is 1. The monoisotopic (exact) mass is 352 g/mol. The molecule has 2 fully saturated rings. The van der Waals surface area contributed by atoms with Crippen molar-refractivity contribution in [3.8, 4) is 0 Å². The van der Waals surface area contributed by atoms with E-state index in [9.17, 15) is 25.2 Å². The molecule has 0 aliphatic heterocycles.